The van der Waals surface area contributed by atoms with Crippen LogP contribution in [0.3, 0.4) is 0 Å². The summed E-state index contributed by atoms with van der Waals surface area (Å²) in [6.45, 7) is 3.38. The van der Waals surface area contributed by atoms with Crippen LogP contribution in [0, 0.1) is 4.91 Å². The van der Waals surface area contributed by atoms with Crippen LogP contribution in [0.5, 0.6) is 0 Å². The lowest BCUT2D eigenvalue weighted by Gasteiger charge is -2.08. The standard InChI is InChI=1S/C34H37N5O2S2/c40-26-25-39-23-4-2-6-34(39)18-12-30-9-15-32(16-10-30)36-21-28-43-42-27-20-35-31-13-7-29(8-14-31)11-17-33-5-1-3-22-38(33)24-19-37-41/h1-18,22-23,40H,19-21,24-28H2/p+2. The molecule has 2 heterocycles. The van der Waals surface area contributed by atoms with Crippen molar-refractivity contribution < 1.29 is 14.2 Å². The minimum atomic E-state index is 0.123. The molecule has 4 rings (SSSR count). The van der Waals surface area contributed by atoms with Crippen LogP contribution in [0.1, 0.15) is 22.5 Å². The van der Waals surface area contributed by atoms with Crippen LogP contribution >= 0.6 is 21.6 Å². The molecule has 0 fully saturated rings. The molecule has 7 nitrogen and oxygen atoms in total. The van der Waals surface area contributed by atoms with Crippen LogP contribution < -0.4 is 19.8 Å². The zero-order valence-corrected chi connectivity index (χ0v) is 25.9. The van der Waals surface area contributed by atoms with E-state index in [1.165, 1.54) is 0 Å². The minimum Gasteiger partial charge on any atom is -0.390 e. The van der Waals surface area contributed by atoms with Crippen molar-refractivity contribution in [2.75, 3.05) is 48.4 Å². The van der Waals surface area contributed by atoms with Gasteiger partial charge in [0, 0.05) is 72.4 Å². The van der Waals surface area contributed by atoms with E-state index in [1.54, 1.807) is 0 Å². The Morgan fingerprint density at radius 3 is 1.60 bits per heavy atom. The lowest BCUT2D eigenvalue weighted by atomic mass is 10.1. The number of nitrogens with zero attached hydrogens (tertiary/aromatic N) is 3. The maximum absolute atomic E-state index is 10.5. The lowest BCUT2D eigenvalue weighted by molar-refractivity contribution is -0.699. The van der Waals surface area contributed by atoms with Gasteiger partial charge in [0.1, 0.15) is 13.2 Å². The summed E-state index contributed by atoms with van der Waals surface area (Å²) < 4.78 is 4.06. The lowest BCUT2D eigenvalue weighted by Crippen LogP contribution is -2.38. The first kappa shape index (κ1) is 32.0. The predicted molar refractivity (Wildman–Crippen MR) is 184 cm³/mol. The fraction of sp³-hybridized carbons (Fsp3) is 0.235. The highest BCUT2D eigenvalue weighted by Gasteiger charge is 2.06. The summed E-state index contributed by atoms with van der Waals surface area (Å²) in [7, 11) is 3.77. The number of nitroso groups, excluding NO2 is 1. The average molecular weight is 614 g/mol. The van der Waals surface area contributed by atoms with Gasteiger partial charge in [0.25, 0.3) is 0 Å². The molecule has 2 aromatic heterocycles. The van der Waals surface area contributed by atoms with E-state index in [1.807, 2.05) is 79.5 Å². The zero-order valence-electron chi connectivity index (χ0n) is 24.2. The second-order valence-corrected chi connectivity index (χ2v) is 12.3. The number of nitrogens with one attached hydrogen (secondary N) is 2. The summed E-state index contributed by atoms with van der Waals surface area (Å²) in [6.07, 6.45) is 12.3. The van der Waals surface area contributed by atoms with Gasteiger partial charge in [0.05, 0.1) is 0 Å². The van der Waals surface area contributed by atoms with E-state index in [0.29, 0.717) is 13.1 Å². The number of anilines is 2. The molecule has 3 N–H and O–H groups in total. The van der Waals surface area contributed by atoms with Crippen LogP contribution in [0.15, 0.2) is 102 Å². The third-order valence-electron chi connectivity index (χ3n) is 6.55. The smallest absolute Gasteiger partial charge is 0.205 e. The number of aliphatic hydroxyl groups is 1. The summed E-state index contributed by atoms with van der Waals surface area (Å²) in [6, 6.07) is 28.9. The Kier molecular flexibility index (Phi) is 13.8. The molecular formula is C34H39N5O2S2+2. The summed E-state index contributed by atoms with van der Waals surface area (Å²) in [4.78, 5) is 10.5. The van der Waals surface area contributed by atoms with E-state index in [-0.39, 0.29) is 13.2 Å². The molecule has 0 saturated heterocycles. The van der Waals surface area contributed by atoms with Gasteiger partial charge in [-0.25, -0.2) is 0 Å². The number of aromatic nitrogens is 2. The second kappa shape index (κ2) is 18.6. The third kappa shape index (κ3) is 11.4. The van der Waals surface area contributed by atoms with Crippen molar-refractivity contribution in [1.29, 1.82) is 0 Å². The number of pyridine rings is 2. The van der Waals surface area contributed by atoms with E-state index < -0.39 is 0 Å². The van der Waals surface area contributed by atoms with Crippen LogP contribution in [-0.2, 0) is 13.1 Å². The minimum absolute atomic E-state index is 0.123. The van der Waals surface area contributed by atoms with E-state index in [4.69, 9.17) is 0 Å². The first-order chi connectivity index (χ1) is 21.2. The van der Waals surface area contributed by atoms with Gasteiger partial charge in [-0.3, -0.25) is 0 Å². The van der Waals surface area contributed by atoms with Crippen molar-refractivity contribution in [3.05, 3.63) is 125 Å². The molecule has 43 heavy (non-hydrogen) atoms. The molecule has 2 aromatic carbocycles. The highest BCUT2D eigenvalue weighted by Crippen LogP contribution is 2.21. The maximum Gasteiger partial charge on any atom is 0.205 e. The van der Waals surface area contributed by atoms with Gasteiger partial charge in [-0.15, -0.1) is 0 Å². The Morgan fingerprint density at radius 2 is 1.14 bits per heavy atom. The van der Waals surface area contributed by atoms with Crippen LogP contribution in [0.2, 0.25) is 0 Å². The molecule has 9 heteroatoms. The Labute approximate surface area is 262 Å². The number of rotatable bonds is 18. The largest absolute Gasteiger partial charge is 0.390 e. The molecule has 222 valence electrons. The number of hydrogen-bond donors (Lipinski definition) is 3. The van der Waals surface area contributed by atoms with E-state index in [2.05, 4.69) is 88.6 Å². The molecule has 0 saturated carbocycles. The average Bonchev–Trinajstić information content (AvgIpc) is 3.05. The van der Waals surface area contributed by atoms with Crippen molar-refractivity contribution in [3.8, 4) is 0 Å². The molecule has 0 atom stereocenters. The third-order valence-corrected chi connectivity index (χ3v) is 8.96. The quantitative estimate of drug-likeness (QED) is 0.0532. The van der Waals surface area contributed by atoms with E-state index >= 15 is 0 Å². The first-order valence-corrected chi connectivity index (χ1v) is 16.9. The van der Waals surface area contributed by atoms with E-state index in [9.17, 15) is 10.0 Å². The van der Waals surface area contributed by atoms with Gasteiger partial charge in [-0.05, 0) is 59.7 Å². The molecule has 0 amide bonds. The predicted octanol–water partition coefficient (Wildman–Crippen LogP) is 6.27. The van der Waals surface area contributed by atoms with Crippen molar-refractivity contribution >= 4 is 57.3 Å². The molecule has 0 bridgehead atoms. The van der Waals surface area contributed by atoms with Gasteiger partial charge in [0.2, 0.25) is 11.4 Å². The molecule has 0 aliphatic heterocycles. The Hall–Kier alpha value is -3.92. The highest BCUT2D eigenvalue weighted by atomic mass is 33.1. The number of benzene rings is 2. The van der Waals surface area contributed by atoms with E-state index in [0.717, 1.165) is 58.5 Å². The molecule has 4 aromatic rings. The summed E-state index contributed by atoms with van der Waals surface area (Å²) in [5.41, 5.74) is 6.60. The molecule has 0 aliphatic rings. The SMILES string of the molecule is O=NCC[n+]1ccccc1/C=C/c1ccc(NCCSSCCNc2ccc(/C=C/c3cccc[n+]3CCO)cc2)cc1. The summed E-state index contributed by atoms with van der Waals surface area (Å²) in [5.74, 6) is 2.05. The fourth-order valence-corrected chi connectivity index (χ4v) is 6.14. The molecule has 0 radical (unpaired) electrons. The molecular weight excluding hydrogens is 575 g/mol. The fourth-order valence-electron chi connectivity index (χ4n) is 4.32. The van der Waals surface area contributed by atoms with Crippen molar-refractivity contribution in [3.63, 3.8) is 0 Å². The Bertz CT molecular complexity index is 1460. The monoisotopic (exact) mass is 613 g/mol. The van der Waals surface area contributed by atoms with Gasteiger partial charge in [0.15, 0.2) is 25.5 Å². The number of hydrogen-bond acceptors (Lipinski definition) is 7. The molecule has 0 unspecified atom stereocenters. The van der Waals surface area contributed by atoms with Crippen LogP contribution in [-0.4, -0.2) is 42.9 Å². The maximum atomic E-state index is 10.5. The topological polar surface area (TPSA) is 81.5 Å². The van der Waals surface area contributed by atoms with Gasteiger partial charge in [-0.2, -0.15) is 14.0 Å². The highest BCUT2D eigenvalue weighted by molar-refractivity contribution is 8.76. The van der Waals surface area contributed by atoms with Crippen molar-refractivity contribution in [2.24, 2.45) is 5.18 Å². The van der Waals surface area contributed by atoms with Gasteiger partial charge in [-0.1, -0.05) is 51.0 Å². The molecule has 0 spiro atoms. The summed E-state index contributed by atoms with van der Waals surface area (Å²) in [5, 5.41) is 19.2. The normalized spacial score (nSPS) is 11.3. The zero-order chi connectivity index (χ0) is 30.0. The van der Waals surface area contributed by atoms with Crippen molar-refractivity contribution in [1.82, 2.24) is 0 Å². The van der Waals surface area contributed by atoms with Crippen LogP contribution in [0.25, 0.3) is 24.3 Å². The Balaban J connectivity index is 1.09. The van der Waals surface area contributed by atoms with Gasteiger partial charge < -0.3 is 15.7 Å². The summed E-state index contributed by atoms with van der Waals surface area (Å²) >= 11 is 0. The molecule has 0 aliphatic carbocycles. The number of aliphatic hydroxyl groups excluding tert-OH is 1. The Morgan fingerprint density at radius 1 is 0.651 bits per heavy atom. The van der Waals surface area contributed by atoms with Crippen LogP contribution in [0.4, 0.5) is 11.4 Å². The second-order valence-electron chi connectivity index (χ2n) is 9.62. The van der Waals surface area contributed by atoms with Crippen molar-refractivity contribution in [2.45, 2.75) is 13.1 Å². The van der Waals surface area contributed by atoms with Gasteiger partial charge >= 0.3 is 0 Å². The first-order valence-electron chi connectivity index (χ1n) is 14.4.